The highest BCUT2D eigenvalue weighted by Gasteiger charge is 2.50. The van der Waals surface area contributed by atoms with Crippen LogP contribution in [0, 0.1) is 17.7 Å². The van der Waals surface area contributed by atoms with Crippen LogP contribution < -0.4 is 0 Å². The Balaban J connectivity index is 1.57. The highest BCUT2D eigenvalue weighted by atomic mass is 35.5. The second-order valence-corrected chi connectivity index (χ2v) is 7.02. The molecule has 7 heteroatoms. The normalized spacial score (nSPS) is 26.4. The minimum atomic E-state index is -0.899. The summed E-state index contributed by atoms with van der Waals surface area (Å²) in [4.78, 5) is 27.0. The monoisotopic (exact) mass is 354 g/mol. The summed E-state index contributed by atoms with van der Waals surface area (Å²) >= 11 is 6.07. The fourth-order valence-electron chi connectivity index (χ4n) is 3.36. The number of carbonyl (C=O) groups is 2. The first-order valence-corrected chi connectivity index (χ1v) is 8.41. The number of nitrogens with zero attached hydrogens (tertiary/aromatic N) is 2. The van der Waals surface area contributed by atoms with Crippen LogP contribution in [0.1, 0.15) is 18.4 Å². The zero-order valence-electron chi connectivity index (χ0n) is 13.4. The van der Waals surface area contributed by atoms with Crippen molar-refractivity contribution in [1.82, 2.24) is 9.80 Å². The predicted octanol–water partition coefficient (Wildman–Crippen LogP) is 2.23. The Kier molecular flexibility index (Phi) is 4.78. The third-order valence-electron chi connectivity index (χ3n) is 5.01. The Morgan fingerprint density at radius 1 is 1.42 bits per heavy atom. The molecule has 2 aliphatic rings. The second kappa shape index (κ2) is 6.69. The number of hydrogen-bond donors (Lipinski definition) is 1. The van der Waals surface area contributed by atoms with Gasteiger partial charge in [0, 0.05) is 43.3 Å². The molecule has 2 fully saturated rings. The third kappa shape index (κ3) is 3.39. The molecule has 3 rings (SSSR count). The Bertz CT molecular complexity index is 649. The number of carbonyl (C=O) groups excluding carboxylic acids is 1. The van der Waals surface area contributed by atoms with Crippen LogP contribution in [-0.2, 0) is 16.1 Å². The van der Waals surface area contributed by atoms with E-state index in [1.165, 1.54) is 6.07 Å². The minimum Gasteiger partial charge on any atom is -0.481 e. The highest BCUT2D eigenvalue weighted by molar-refractivity contribution is 6.31. The van der Waals surface area contributed by atoms with Gasteiger partial charge in [-0.2, -0.15) is 0 Å². The van der Waals surface area contributed by atoms with Crippen molar-refractivity contribution in [3.63, 3.8) is 0 Å². The van der Waals surface area contributed by atoms with E-state index in [0.717, 1.165) is 13.0 Å². The SMILES string of the molecule is CN(C(=O)C1CC1C(=O)O)C1CCN(Cc2c(F)cccc2Cl)C1. The molecule has 24 heavy (non-hydrogen) atoms. The molecule has 0 radical (unpaired) electrons. The van der Waals surface area contributed by atoms with E-state index in [1.54, 1.807) is 24.1 Å². The number of likely N-dealkylation sites (N-methyl/N-ethyl adjacent to an activating group) is 1. The van der Waals surface area contributed by atoms with E-state index in [2.05, 4.69) is 4.90 Å². The number of carboxylic acids is 1. The quantitative estimate of drug-likeness (QED) is 0.881. The van der Waals surface area contributed by atoms with Crippen LogP contribution >= 0.6 is 11.6 Å². The van der Waals surface area contributed by atoms with Crippen molar-refractivity contribution in [1.29, 1.82) is 0 Å². The average molecular weight is 355 g/mol. The first-order valence-electron chi connectivity index (χ1n) is 8.03. The maximum atomic E-state index is 13.9. The number of halogens is 2. The van der Waals surface area contributed by atoms with Crippen LogP contribution in [0.2, 0.25) is 5.02 Å². The Labute approximate surface area is 145 Å². The van der Waals surface area contributed by atoms with Crippen LogP contribution in [0.4, 0.5) is 4.39 Å². The zero-order valence-corrected chi connectivity index (χ0v) is 14.2. The smallest absolute Gasteiger partial charge is 0.307 e. The number of rotatable bonds is 5. The fourth-order valence-corrected chi connectivity index (χ4v) is 3.58. The van der Waals surface area contributed by atoms with Crippen LogP contribution in [0.5, 0.6) is 0 Å². The van der Waals surface area contributed by atoms with Gasteiger partial charge in [0.15, 0.2) is 0 Å². The molecule has 0 spiro atoms. The van der Waals surface area contributed by atoms with E-state index >= 15 is 0 Å². The van der Waals surface area contributed by atoms with Gasteiger partial charge >= 0.3 is 5.97 Å². The molecule has 1 saturated carbocycles. The zero-order chi connectivity index (χ0) is 17.4. The van der Waals surface area contributed by atoms with Gasteiger partial charge in [0.05, 0.1) is 11.8 Å². The number of benzene rings is 1. The molecule has 0 bridgehead atoms. The van der Waals surface area contributed by atoms with Crippen molar-refractivity contribution in [3.05, 3.63) is 34.6 Å². The molecule has 1 saturated heterocycles. The predicted molar refractivity (Wildman–Crippen MR) is 87.1 cm³/mol. The maximum absolute atomic E-state index is 13.9. The molecule has 3 atom stereocenters. The lowest BCUT2D eigenvalue weighted by Gasteiger charge is -2.25. The molecule has 1 aliphatic carbocycles. The molecule has 1 aromatic carbocycles. The van der Waals surface area contributed by atoms with Gasteiger partial charge in [-0.3, -0.25) is 14.5 Å². The Morgan fingerprint density at radius 3 is 2.79 bits per heavy atom. The first kappa shape index (κ1) is 17.2. The van der Waals surface area contributed by atoms with Crippen LogP contribution in [0.15, 0.2) is 18.2 Å². The molecule has 1 amide bonds. The van der Waals surface area contributed by atoms with E-state index in [9.17, 15) is 14.0 Å². The number of likely N-dealkylation sites (tertiary alicyclic amines) is 1. The van der Waals surface area contributed by atoms with Crippen molar-refractivity contribution in [3.8, 4) is 0 Å². The summed E-state index contributed by atoms with van der Waals surface area (Å²) in [5, 5.41) is 9.36. The summed E-state index contributed by atoms with van der Waals surface area (Å²) in [5.41, 5.74) is 0.474. The Morgan fingerprint density at radius 2 is 2.17 bits per heavy atom. The fraction of sp³-hybridized carbons (Fsp3) is 0.529. The first-order chi connectivity index (χ1) is 11.4. The topological polar surface area (TPSA) is 60.9 Å². The van der Waals surface area contributed by atoms with Crippen LogP contribution in [0.3, 0.4) is 0 Å². The molecule has 0 aromatic heterocycles. The van der Waals surface area contributed by atoms with E-state index < -0.39 is 11.9 Å². The molecule has 1 N–H and O–H groups in total. The average Bonchev–Trinajstić information content (AvgIpc) is 3.22. The van der Waals surface area contributed by atoms with E-state index in [0.29, 0.717) is 30.1 Å². The molecule has 130 valence electrons. The van der Waals surface area contributed by atoms with E-state index in [4.69, 9.17) is 16.7 Å². The Hall–Kier alpha value is -1.66. The lowest BCUT2D eigenvalue weighted by atomic mass is 10.2. The van der Waals surface area contributed by atoms with Gasteiger partial charge < -0.3 is 10.0 Å². The van der Waals surface area contributed by atoms with Crippen LogP contribution in [-0.4, -0.2) is 53.0 Å². The van der Waals surface area contributed by atoms with E-state index in [1.807, 2.05) is 0 Å². The van der Waals surface area contributed by atoms with Crippen molar-refractivity contribution in [2.75, 3.05) is 20.1 Å². The largest absolute Gasteiger partial charge is 0.481 e. The van der Waals surface area contributed by atoms with Gasteiger partial charge in [0.25, 0.3) is 0 Å². The van der Waals surface area contributed by atoms with Gasteiger partial charge in [-0.25, -0.2) is 4.39 Å². The lowest BCUT2D eigenvalue weighted by Crippen LogP contribution is -2.40. The molecule has 1 aromatic rings. The van der Waals surface area contributed by atoms with Crippen molar-refractivity contribution >= 4 is 23.5 Å². The molecule has 3 unspecified atom stereocenters. The molecule has 1 heterocycles. The van der Waals surface area contributed by atoms with Crippen molar-refractivity contribution in [2.45, 2.75) is 25.4 Å². The summed E-state index contributed by atoms with van der Waals surface area (Å²) < 4.78 is 13.9. The van der Waals surface area contributed by atoms with Gasteiger partial charge in [0.2, 0.25) is 5.91 Å². The van der Waals surface area contributed by atoms with Crippen molar-refractivity contribution in [2.24, 2.45) is 11.8 Å². The number of aliphatic carboxylic acids is 1. The summed E-state index contributed by atoms with van der Waals surface area (Å²) in [6.45, 7) is 1.79. The summed E-state index contributed by atoms with van der Waals surface area (Å²) in [6, 6.07) is 4.67. The van der Waals surface area contributed by atoms with E-state index in [-0.39, 0.29) is 23.7 Å². The number of amides is 1. The lowest BCUT2D eigenvalue weighted by molar-refractivity contribution is -0.142. The number of hydrogen-bond acceptors (Lipinski definition) is 3. The van der Waals surface area contributed by atoms with Gasteiger partial charge in [0.1, 0.15) is 5.82 Å². The molecular formula is C17H20ClFN2O3. The summed E-state index contributed by atoms with van der Waals surface area (Å²) in [5.74, 6) is -2.24. The molecular weight excluding hydrogens is 335 g/mol. The standard InChI is InChI=1S/C17H20ClFN2O3/c1-20(16(22)11-7-12(11)17(23)24)10-5-6-21(8-10)9-13-14(18)3-2-4-15(13)19/h2-4,10-12H,5-9H2,1H3,(H,23,24). The summed E-state index contributed by atoms with van der Waals surface area (Å²) in [7, 11) is 1.73. The third-order valence-corrected chi connectivity index (χ3v) is 5.37. The summed E-state index contributed by atoms with van der Waals surface area (Å²) in [6.07, 6.45) is 1.22. The number of carboxylic acid groups (broad SMARTS) is 1. The second-order valence-electron chi connectivity index (χ2n) is 6.61. The maximum Gasteiger partial charge on any atom is 0.307 e. The van der Waals surface area contributed by atoms with Gasteiger partial charge in [-0.15, -0.1) is 0 Å². The molecule has 1 aliphatic heterocycles. The highest BCUT2D eigenvalue weighted by Crippen LogP contribution is 2.40. The van der Waals surface area contributed by atoms with Crippen molar-refractivity contribution < 1.29 is 19.1 Å². The van der Waals surface area contributed by atoms with Gasteiger partial charge in [-0.1, -0.05) is 17.7 Å². The molecule has 5 nitrogen and oxygen atoms in total. The minimum absolute atomic E-state index is 0.0260. The van der Waals surface area contributed by atoms with Crippen LogP contribution in [0.25, 0.3) is 0 Å². The van der Waals surface area contributed by atoms with Gasteiger partial charge in [-0.05, 0) is 25.0 Å².